The monoisotopic (exact) mass is 363 g/mol. The van der Waals surface area contributed by atoms with Crippen LogP contribution in [0.15, 0.2) is 49.6 Å². The summed E-state index contributed by atoms with van der Waals surface area (Å²) in [7, 11) is 0. The molecule has 1 aliphatic rings. The zero-order valence-corrected chi connectivity index (χ0v) is 15.1. The van der Waals surface area contributed by atoms with E-state index >= 15 is 0 Å². The lowest BCUT2D eigenvalue weighted by Gasteiger charge is -2.19. The van der Waals surface area contributed by atoms with Gasteiger partial charge in [0.2, 0.25) is 5.91 Å². The summed E-state index contributed by atoms with van der Waals surface area (Å²) >= 11 is 0. The van der Waals surface area contributed by atoms with Gasteiger partial charge in [-0.15, -0.1) is 25.6 Å². The Morgan fingerprint density at radius 3 is 2.24 bits per heavy atom. The van der Waals surface area contributed by atoms with Crippen LogP contribution in [-0.2, 0) is 4.79 Å². The first-order valence-electron chi connectivity index (χ1n) is 8.22. The maximum Gasteiger partial charge on any atom is 0.254 e. The molecular weight excluding hydrogens is 338 g/mol. The zero-order chi connectivity index (χ0) is 17.5. The van der Waals surface area contributed by atoms with Crippen LogP contribution in [0.25, 0.3) is 0 Å². The zero-order valence-electron chi connectivity index (χ0n) is 14.3. The van der Waals surface area contributed by atoms with Crippen LogP contribution in [0.1, 0.15) is 29.6 Å². The quantitative estimate of drug-likeness (QED) is 0.731. The first-order chi connectivity index (χ1) is 11.5. The van der Waals surface area contributed by atoms with E-state index < -0.39 is 0 Å². The Balaban J connectivity index is 0.00000312. The molecule has 0 aliphatic heterocycles. The molecule has 1 aromatic carbocycles. The maximum absolute atomic E-state index is 12.4. The molecule has 3 N–H and O–H groups in total. The lowest BCUT2D eigenvalue weighted by atomic mass is 10.1. The van der Waals surface area contributed by atoms with Crippen molar-refractivity contribution < 1.29 is 9.59 Å². The highest BCUT2D eigenvalue weighted by molar-refractivity contribution is 5.96. The fourth-order valence-corrected chi connectivity index (χ4v) is 2.93. The number of benzene rings is 1. The molecule has 25 heavy (non-hydrogen) atoms. The molecule has 0 saturated heterocycles. The van der Waals surface area contributed by atoms with Crippen LogP contribution in [0.3, 0.4) is 0 Å². The van der Waals surface area contributed by atoms with Crippen molar-refractivity contribution in [3.8, 4) is 0 Å². The molecule has 1 fully saturated rings. The van der Waals surface area contributed by atoms with Crippen molar-refractivity contribution in [3.05, 3.63) is 55.1 Å². The summed E-state index contributed by atoms with van der Waals surface area (Å²) in [6.45, 7) is 8.26. The molecule has 0 spiro atoms. The number of rotatable bonds is 7. The van der Waals surface area contributed by atoms with Gasteiger partial charge in [0.15, 0.2) is 0 Å². The Morgan fingerprint density at radius 1 is 1.16 bits per heavy atom. The Labute approximate surface area is 155 Å². The van der Waals surface area contributed by atoms with Crippen LogP contribution in [0.5, 0.6) is 0 Å². The molecule has 2 unspecified atom stereocenters. The summed E-state index contributed by atoms with van der Waals surface area (Å²) < 4.78 is 0. The predicted octanol–water partition coefficient (Wildman–Crippen LogP) is 2.99. The van der Waals surface area contributed by atoms with Crippen LogP contribution in [0.2, 0.25) is 0 Å². The number of carbonyl (C=O) groups excluding carboxylic acids is 2. The van der Waals surface area contributed by atoms with Gasteiger partial charge in [-0.2, -0.15) is 0 Å². The highest BCUT2D eigenvalue weighted by Gasteiger charge is 2.27. The van der Waals surface area contributed by atoms with Gasteiger partial charge in [-0.3, -0.25) is 9.59 Å². The molecule has 0 aromatic heterocycles. The standard InChI is InChI=1S/C19H25N3O2.ClH/c1-3-11-22(12-4-2)19(24)14-6-9-17(10-7-14)21-18(23)15-5-8-16(20)13-15;/h3-4,6-7,9-10,15-16H,1-2,5,8,11-13,20H2,(H,21,23);1H. The predicted molar refractivity (Wildman–Crippen MR) is 104 cm³/mol. The average molecular weight is 364 g/mol. The highest BCUT2D eigenvalue weighted by atomic mass is 35.5. The van der Waals surface area contributed by atoms with E-state index in [1.807, 2.05) is 0 Å². The van der Waals surface area contributed by atoms with Crippen molar-refractivity contribution in [2.24, 2.45) is 11.7 Å². The number of nitrogens with one attached hydrogen (secondary N) is 1. The van der Waals surface area contributed by atoms with Crippen LogP contribution in [0.4, 0.5) is 5.69 Å². The molecule has 2 amide bonds. The Morgan fingerprint density at radius 2 is 1.76 bits per heavy atom. The van der Waals surface area contributed by atoms with E-state index in [0.29, 0.717) is 24.3 Å². The number of hydrogen-bond donors (Lipinski definition) is 2. The molecule has 1 aliphatic carbocycles. The number of nitrogens with zero attached hydrogens (tertiary/aromatic N) is 1. The minimum Gasteiger partial charge on any atom is -0.331 e. The molecule has 0 heterocycles. The van der Waals surface area contributed by atoms with Gasteiger partial charge in [-0.05, 0) is 43.5 Å². The van der Waals surface area contributed by atoms with Crippen molar-refractivity contribution in [1.82, 2.24) is 4.90 Å². The largest absolute Gasteiger partial charge is 0.331 e. The van der Waals surface area contributed by atoms with Crippen LogP contribution in [-0.4, -0.2) is 35.8 Å². The van der Waals surface area contributed by atoms with E-state index in [1.54, 1.807) is 41.3 Å². The van der Waals surface area contributed by atoms with Gasteiger partial charge in [0.1, 0.15) is 0 Å². The van der Waals surface area contributed by atoms with Crippen molar-refractivity contribution >= 4 is 29.9 Å². The average Bonchev–Trinajstić information content (AvgIpc) is 3.01. The smallest absolute Gasteiger partial charge is 0.254 e. The third kappa shape index (κ3) is 5.73. The summed E-state index contributed by atoms with van der Waals surface area (Å²) in [6, 6.07) is 7.07. The number of halogens is 1. The van der Waals surface area contributed by atoms with E-state index in [1.165, 1.54) is 0 Å². The summed E-state index contributed by atoms with van der Waals surface area (Å²) in [4.78, 5) is 26.3. The topological polar surface area (TPSA) is 75.4 Å². The SMILES string of the molecule is C=CCN(CC=C)C(=O)c1ccc(NC(=O)C2CCC(N)C2)cc1.Cl. The summed E-state index contributed by atoms with van der Waals surface area (Å²) in [5, 5.41) is 2.90. The van der Waals surface area contributed by atoms with E-state index in [2.05, 4.69) is 18.5 Å². The number of carbonyl (C=O) groups is 2. The third-order valence-corrected chi connectivity index (χ3v) is 4.23. The first-order valence-corrected chi connectivity index (χ1v) is 8.22. The molecular formula is C19H26ClN3O2. The molecule has 136 valence electrons. The molecule has 1 saturated carbocycles. The second-order valence-corrected chi connectivity index (χ2v) is 6.12. The van der Waals surface area contributed by atoms with E-state index in [9.17, 15) is 9.59 Å². The van der Waals surface area contributed by atoms with E-state index in [0.717, 1.165) is 19.3 Å². The van der Waals surface area contributed by atoms with Gasteiger partial charge in [0, 0.05) is 36.3 Å². The number of amides is 2. The summed E-state index contributed by atoms with van der Waals surface area (Å²) in [5.74, 6) is -0.103. The molecule has 2 rings (SSSR count). The van der Waals surface area contributed by atoms with Crippen molar-refractivity contribution in [2.45, 2.75) is 25.3 Å². The maximum atomic E-state index is 12.4. The number of hydrogen-bond acceptors (Lipinski definition) is 3. The minimum absolute atomic E-state index is 0. The normalized spacial score (nSPS) is 18.8. The fourth-order valence-electron chi connectivity index (χ4n) is 2.93. The molecule has 2 atom stereocenters. The minimum atomic E-state index is -0.0885. The molecule has 1 aromatic rings. The van der Waals surface area contributed by atoms with Gasteiger partial charge in [0.25, 0.3) is 5.91 Å². The first kappa shape index (κ1) is 20.9. The Kier molecular flexibility index (Phi) is 8.38. The van der Waals surface area contributed by atoms with E-state index in [-0.39, 0.29) is 36.2 Å². The highest BCUT2D eigenvalue weighted by Crippen LogP contribution is 2.25. The Bertz CT molecular complexity index is 606. The van der Waals surface area contributed by atoms with Crippen molar-refractivity contribution in [3.63, 3.8) is 0 Å². The summed E-state index contributed by atoms with van der Waals surface area (Å²) in [6.07, 6.45) is 5.83. The van der Waals surface area contributed by atoms with Gasteiger partial charge in [0.05, 0.1) is 0 Å². The Hall–Kier alpha value is -2.11. The molecule has 0 radical (unpaired) electrons. The molecule has 5 nitrogen and oxygen atoms in total. The molecule has 6 heteroatoms. The number of nitrogens with two attached hydrogens (primary N) is 1. The van der Waals surface area contributed by atoms with Crippen LogP contribution >= 0.6 is 12.4 Å². The second kappa shape index (κ2) is 10.0. The van der Waals surface area contributed by atoms with E-state index in [4.69, 9.17) is 5.73 Å². The van der Waals surface area contributed by atoms with Gasteiger partial charge in [-0.1, -0.05) is 12.2 Å². The van der Waals surface area contributed by atoms with Gasteiger partial charge in [-0.25, -0.2) is 0 Å². The van der Waals surface area contributed by atoms with Crippen LogP contribution in [0, 0.1) is 5.92 Å². The van der Waals surface area contributed by atoms with Gasteiger partial charge >= 0.3 is 0 Å². The third-order valence-electron chi connectivity index (χ3n) is 4.23. The lowest BCUT2D eigenvalue weighted by molar-refractivity contribution is -0.119. The van der Waals surface area contributed by atoms with Crippen molar-refractivity contribution in [2.75, 3.05) is 18.4 Å². The van der Waals surface area contributed by atoms with Gasteiger partial charge < -0.3 is 16.0 Å². The molecule has 0 bridgehead atoms. The van der Waals surface area contributed by atoms with Crippen molar-refractivity contribution in [1.29, 1.82) is 0 Å². The fraction of sp³-hybridized carbons (Fsp3) is 0.368. The second-order valence-electron chi connectivity index (χ2n) is 6.12. The number of anilines is 1. The summed E-state index contributed by atoms with van der Waals surface area (Å²) in [5.41, 5.74) is 7.11. The lowest BCUT2D eigenvalue weighted by Crippen LogP contribution is -2.31. The van der Waals surface area contributed by atoms with Crippen LogP contribution < -0.4 is 11.1 Å².